The monoisotopic (exact) mass is 364 g/mol. The van der Waals surface area contributed by atoms with E-state index in [1.807, 2.05) is 0 Å². The highest BCUT2D eigenvalue weighted by molar-refractivity contribution is 9.10. The number of hydrogen-bond acceptors (Lipinski definition) is 0. The number of hydrogen-bond donors (Lipinski definition) is 0. The van der Waals surface area contributed by atoms with Crippen molar-refractivity contribution in [2.24, 2.45) is 0 Å². The van der Waals surface area contributed by atoms with Gasteiger partial charge in [-0.15, -0.1) is 0 Å². The van der Waals surface area contributed by atoms with Gasteiger partial charge in [-0.3, -0.25) is 0 Å². The molecule has 0 aliphatic heterocycles. The Bertz CT molecular complexity index is 768. The molecule has 0 N–H and O–H groups in total. The average molecular weight is 365 g/mol. The summed E-state index contributed by atoms with van der Waals surface area (Å²) in [5.41, 5.74) is 7.59. The van der Waals surface area contributed by atoms with Crippen LogP contribution in [0.2, 0.25) is 0 Å². The zero-order chi connectivity index (χ0) is 15.6. The van der Waals surface area contributed by atoms with Crippen molar-refractivity contribution in [3.05, 3.63) is 87.4 Å². The van der Waals surface area contributed by atoms with E-state index in [1.165, 1.54) is 48.8 Å². The molecule has 1 heteroatoms. The molecule has 0 bridgehead atoms. The van der Waals surface area contributed by atoms with Crippen molar-refractivity contribution in [1.82, 2.24) is 0 Å². The van der Waals surface area contributed by atoms with Crippen molar-refractivity contribution >= 4 is 21.5 Å². The van der Waals surface area contributed by atoms with E-state index in [4.69, 9.17) is 0 Å². The van der Waals surface area contributed by atoms with Crippen LogP contribution >= 0.6 is 15.9 Å². The highest BCUT2D eigenvalue weighted by Gasteiger charge is 2.25. The third kappa shape index (κ3) is 3.07. The van der Waals surface area contributed by atoms with Crippen molar-refractivity contribution in [1.29, 1.82) is 0 Å². The normalized spacial score (nSPS) is 20.9. The second-order valence-corrected chi connectivity index (χ2v) is 7.52. The molecule has 0 amide bonds. The van der Waals surface area contributed by atoms with Gasteiger partial charge in [0, 0.05) is 10.4 Å². The van der Waals surface area contributed by atoms with Gasteiger partial charge in [-0.1, -0.05) is 70.0 Å². The van der Waals surface area contributed by atoms with E-state index in [-0.39, 0.29) is 0 Å². The SMILES string of the molecule is Brc1cccc(C2=CC(c3ccccc3)CC3=C2CCCC3)c1. The van der Waals surface area contributed by atoms with Crippen LogP contribution in [-0.2, 0) is 0 Å². The molecule has 0 saturated heterocycles. The first-order chi connectivity index (χ1) is 11.3. The Labute approximate surface area is 147 Å². The van der Waals surface area contributed by atoms with Gasteiger partial charge in [0.2, 0.25) is 0 Å². The molecule has 2 aliphatic rings. The van der Waals surface area contributed by atoms with Crippen molar-refractivity contribution in [2.45, 2.75) is 38.0 Å². The largest absolute Gasteiger partial charge is 0.0685 e. The highest BCUT2D eigenvalue weighted by atomic mass is 79.9. The van der Waals surface area contributed by atoms with Gasteiger partial charge in [-0.25, -0.2) is 0 Å². The standard InChI is InChI=1S/C22H21Br/c23-20-11-6-10-18(14-20)22-15-19(16-7-2-1-3-8-16)13-17-9-4-5-12-21(17)22/h1-3,6-8,10-11,14-15,19H,4-5,9,12-13H2. The second kappa shape index (κ2) is 6.49. The Morgan fingerprint density at radius 1 is 0.870 bits per heavy atom. The molecular formula is C22H21Br. The van der Waals surface area contributed by atoms with Crippen LogP contribution in [0, 0.1) is 0 Å². The van der Waals surface area contributed by atoms with Crippen LogP contribution < -0.4 is 0 Å². The van der Waals surface area contributed by atoms with E-state index in [2.05, 4.69) is 76.6 Å². The summed E-state index contributed by atoms with van der Waals surface area (Å²) >= 11 is 3.63. The number of rotatable bonds is 2. The summed E-state index contributed by atoms with van der Waals surface area (Å²) in [4.78, 5) is 0. The van der Waals surface area contributed by atoms with Crippen LogP contribution in [0.25, 0.3) is 5.57 Å². The second-order valence-electron chi connectivity index (χ2n) is 6.60. The molecule has 23 heavy (non-hydrogen) atoms. The third-order valence-electron chi connectivity index (χ3n) is 5.10. The van der Waals surface area contributed by atoms with Gasteiger partial charge in [-0.2, -0.15) is 0 Å². The van der Waals surface area contributed by atoms with E-state index in [0.29, 0.717) is 5.92 Å². The van der Waals surface area contributed by atoms with Gasteiger partial charge in [-0.05, 0) is 66.5 Å². The molecule has 0 spiro atoms. The van der Waals surface area contributed by atoms with E-state index in [9.17, 15) is 0 Å². The Morgan fingerprint density at radius 2 is 1.70 bits per heavy atom. The molecule has 0 fully saturated rings. The summed E-state index contributed by atoms with van der Waals surface area (Å²) in [6, 6.07) is 19.7. The van der Waals surface area contributed by atoms with E-state index in [1.54, 1.807) is 11.1 Å². The van der Waals surface area contributed by atoms with Crippen LogP contribution in [-0.4, -0.2) is 0 Å². The Balaban J connectivity index is 1.80. The summed E-state index contributed by atoms with van der Waals surface area (Å²) in [6.07, 6.45) is 8.93. The lowest BCUT2D eigenvalue weighted by Crippen LogP contribution is -2.11. The summed E-state index contributed by atoms with van der Waals surface area (Å²) < 4.78 is 1.16. The first-order valence-corrected chi connectivity index (χ1v) is 9.34. The first-order valence-electron chi connectivity index (χ1n) is 8.55. The molecule has 2 aromatic rings. The lowest BCUT2D eigenvalue weighted by molar-refractivity contribution is 0.634. The summed E-state index contributed by atoms with van der Waals surface area (Å²) in [7, 11) is 0. The third-order valence-corrected chi connectivity index (χ3v) is 5.60. The molecule has 2 aromatic carbocycles. The lowest BCUT2D eigenvalue weighted by atomic mass is 9.74. The topological polar surface area (TPSA) is 0 Å². The Kier molecular flexibility index (Phi) is 4.22. The zero-order valence-corrected chi connectivity index (χ0v) is 14.9. The molecule has 1 atom stereocenters. The van der Waals surface area contributed by atoms with Gasteiger partial charge in [0.05, 0.1) is 0 Å². The van der Waals surface area contributed by atoms with Crippen molar-refractivity contribution in [2.75, 3.05) is 0 Å². The Morgan fingerprint density at radius 3 is 2.52 bits per heavy atom. The minimum Gasteiger partial charge on any atom is -0.0685 e. The number of allylic oxidation sites excluding steroid dienone is 4. The Hall–Kier alpha value is -1.60. The first kappa shape index (κ1) is 15.0. The fourth-order valence-corrected chi connectivity index (χ4v) is 4.38. The number of benzene rings is 2. The van der Waals surface area contributed by atoms with Crippen LogP contribution in [0.1, 0.15) is 49.1 Å². The van der Waals surface area contributed by atoms with Crippen LogP contribution in [0.15, 0.2) is 76.3 Å². The van der Waals surface area contributed by atoms with E-state index in [0.717, 1.165) is 4.47 Å². The maximum atomic E-state index is 3.63. The summed E-state index contributed by atoms with van der Waals surface area (Å²) in [5.74, 6) is 0.516. The highest BCUT2D eigenvalue weighted by Crippen LogP contribution is 2.45. The average Bonchev–Trinajstić information content (AvgIpc) is 2.61. The summed E-state index contributed by atoms with van der Waals surface area (Å²) in [6.45, 7) is 0. The molecule has 2 aliphatic carbocycles. The molecule has 0 radical (unpaired) electrons. The van der Waals surface area contributed by atoms with Gasteiger partial charge in [0.25, 0.3) is 0 Å². The quantitative estimate of drug-likeness (QED) is 0.543. The molecule has 0 nitrogen and oxygen atoms in total. The predicted octanol–water partition coefficient (Wildman–Crippen LogP) is 6.89. The number of halogens is 1. The van der Waals surface area contributed by atoms with Crippen molar-refractivity contribution < 1.29 is 0 Å². The van der Waals surface area contributed by atoms with Crippen LogP contribution in [0.4, 0.5) is 0 Å². The molecule has 1 unspecified atom stereocenters. The van der Waals surface area contributed by atoms with Gasteiger partial charge < -0.3 is 0 Å². The van der Waals surface area contributed by atoms with E-state index >= 15 is 0 Å². The molecule has 4 rings (SSSR count). The smallest absolute Gasteiger partial charge is 0.0181 e. The van der Waals surface area contributed by atoms with Crippen LogP contribution in [0.3, 0.4) is 0 Å². The summed E-state index contributed by atoms with van der Waals surface area (Å²) in [5, 5.41) is 0. The maximum absolute atomic E-state index is 3.63. The van der Waals surface area contributed by atoms with Gasteiger partial charge in [0.1, 0.15) is 0 Å². The predicted molar refractivity (Wildman–Crippen MR) is 101 cm³/mol. The zero-order valence-electron chi connectivity index (χ0n) is 13.3. The van der Waals surface area contributed by atoms with Gasteiger partial charge in [0.15, 0.2) is 0 Å². The van der Waals surface area contributed by atoms with Crippen molar-refractivity contribution in [3.8, 4) is 0 Å². The van der Waals surface area contributed by atoms with Gasteiger partial charge >= 0.3 is 0 Å². The molecule has 116 valence electrons. The van der Waals surface area contributed by atoms with Crippen molar-refractivity contribution in [3.63, 3.8) is 0 Å². The van der Waals surface area contributed by atoms with E-state index < -0.39 is 0 Å². The minimum absolute atomic E-state index is 0.516. The fourth-order valence-electron chi connectivity index (χ4n) is 3.99. The lowest BCUT2D eigenvalue weighted by Gasteiger charge is -2.31. The van der Waals surface area contributed by atoms with Crippen LogP contribution in [0.5, 0.6) is 0 Å². The maximum Gasteiger partial charge on any atom is 0.0181 e. The minimum atomic E-state index is 0.516. The molecular weight excluding hydrogens is 344 g/mol. The fraction of sp³-hybridized carbons (Fsp3) is 0.273. The molecule has 0 heterocycles. The molecule has 0 aromatic heterocycles. The molecule has 0 saturated carbocycles.